The van der Waals surface area contributed by atoms with Crippen LogP contribution >= 0.6 is 0 Å². The maximum Gasteiger partial charge on any atom is 0.271 e. The van der Waals surface area contributed by atoms with Gasteiger partial charge >= 0.3 is 0 Å². The summed E-state index contributed by atoms with van der Waals surface area (Å²) in [5, 5.41) is 19.6. The summed E-state index contributed by atoms with van der Waals surface area (Å²) in [6, 6.07) is 12.6. The number of hydrogen-bond donors (Lipinski definition) is 1. The van der Waals surface area contributed by atoms with E-state index >= 15 is 0 Å². The molecule has 0 atom stereocenters. The van der Waals surface area contributed by atoms with Crippen LogP contribution in [0.25, 0.3) is 0 Å². The fourth-order valence-corrected chi connectivity index (χ4v) is 1.79. The number of hydrogen-bond acceptors (Lipinski definition) is 5. The Kier molecular flexibility index (Phi) is 4.46. The zero-order valence-corrected chi connectivity index (χ0v) is 11.9. The first-order valence-corrected chi connectivity index (χ1v) is 6.51. The quantitative estimate of drug-likeness (QED) is 0.925. The lowest BCUT2D eigenvalue weighted by molar-refractivity contribution is 0.0950. The van der Waals surface area contributed by atoms with Crippen LogP contribution in [0.3, 0.4) is 0 Å². The summed E-state index contributed by atoms with van der Waals surface area (Å²) < 4.78 is 0. The van der Waals surface area contributed by atoms with Crippen LogP contribution in [-0.4, -0.2) is 29.7 Å². The number of aromatic nitrogens is 2. The van der Waals surface area contributed by atoms with Crippen LogP contribution in [0.5, 0.6) is 0 Å². The van der Waals surface area contributed by atoms with Gasteiger partial charge in [0.05, 0.1) is 11.6 Å². The van der Waals surface area contributed by atoms with Crippen molar-refractivity contribution in [2.45, 2.75) is 6.92 Å². The molecule has 0 aliphatic heterocycles. The van der Waals surface area contributed by atoms with Gasteiger partial charge in [-0.25, -0.2) is 0 Å². The van der Waals surface area contributed by atoms with Gasteiger partial charge in [0.15, 0.2) is 11.5 Å². The molecule has 6 nitrogen and oxygen atoms in total. The first kappa shape index (κ1) is 14.5. The standard InChI is InChI=1S/C15H15N5O/c1-3-17-15(21)13-7-8-14(19-18-13)20(2)12-6-4-5-11(9-12)10-16/h4-9H,3H2,1-2H3,(H,17,21). The van der Waals surface area contributed by atoms with Crippen molar-refractivity contribution in [3.63, 3.8) is 0 Å². The van der Waals surface area contributed by atoms with E-state index < -0.39 is 0 Å². The lowest BCUT2D eigenvalue weighted by Crippen LogP contribution is -2.24. The fraction of sp³-hybridized carbons (Fsp3) is 0.200. The van der Waals surface area contributed by atoms with Crippen LogP contribution < -0.4 is 10.2 Å². The summed E-state index contributed by atoms with van der Waals surface area (Å²) in [4.78, 5) is 13.4. The van der Waals surface area contributed by atoms with Crippen LogP contribution in [0, 0.1) is 11.3 Å². The molecule has 106 valence electrons. The maximum atomic E-state index is 11.6. The summed E-state index contributed by atoms with van der Waals surface area (Å²) >= 11 is 0. The molecule has 21 heavy (non-hydrogen) atoms. The zero-order chi connectivity index (χ0) is 15.2. The number of benzene rings is 1. The van der Waals surface area contributed by atoms with Gasteiger partial charge in [0.1, 0.15) is 0 Å². The van der Waals surface area contributed by atoms with Crippen LogP contribution in [0.15, 0.2) is 36.4 Å². The monoisotopic (exact) mass is 281 g/mol. The van der Waals surface area contributed by atoms with Crippen molar-refractivity contribution in [3.05, 3.63) is 47.7 Å². The molecule has 0 saturated heterocycles. The molecular weight excluding hydrogens is 266 g/mol. The van der Waals surface area contributed by atoms with Gasteiger partial charge in [-0.3, -0.25) is 4.79 Å². The molecular formula is C15H15N5O. The minimum Gasteiger partial charge on any atom is -0.351 e. The van der Waals surface area contributed by atoms with Gasteiger partial charge in [0.25, 0.3) is 5.91 Å². The summed E-state index contributed by atoms with van der Waals surface area (Å²) in [5.74, 6) is 0.351. The Balaban J connectivity index is 2.21. The third-order valence-electron chi connectivity index (χ3n) is 2.93. The van der Waals surface area contributed by atoms with Crippen molar-refractivity contribution >= 4 is 17.4 Å². The van der Waals surface area contributed by atoms with Crippen molar-refractivity contribution in [1.29, 1.82) is 5.26 Å². The number of nitrogens with zero attached hydrogens (tertiary/aromatic N) is 4. The number of anilines is 2. The topological polar surface area (TPSA) is 81.9 Å². The van der Waals surface area contributed by atoms with E-state index in [-0.39, 0.29) is 11.6 Å². The van der Waals surface area contributed by atoms with E-state index in [9.17, 15) is 4.79 Å². The second-order valence-electron chi connectivity index (χ2n) is 4.36. The second kappa shape index (κ2) is 6.48. The number of rotatable bonds is 4. The van der Waals surface area contributed by atoms with Gasteiger partial charge in [-0.1, -0.05) is 6.07 Å². The highest BCUT2D eigenvalue weighted by molar-refractivity contribution is 5.92. The number of carbonyl (C=O) groups excluding carboxylic acids is 1. The summed E-state index contributed by atoms with van der Waals surface area (Å²) in [7, 11) is 1.83. The van der Waals surface area contributed by atoms with Crippen molar-refractivity contribution in [1.82, 2.24) is 15.5 Å². The first-order valence-electron chi connectivity index (χ1n) is 6.51. The fourth-order valence-electron chi connectivity index (χ4n) is 1.79. The Hall–Kier alpha value is -2.94. The molecule has 2 rings (SSSR count). The highest BCUT2D eigenvalue weighted by Gasteiger charge is 2.10. The molecule has 1 N–H and O–H groups in total. The highest BCUT2D eigenvalue weighted by Crippen LogP contribution is 2.21. The molecule has 1 amide bonds. The van der Waals surface area contributed by atoms with E-state index in [0.717, 1.165) is 5.69 Å². The van der Waals surface area contributed by atoms with E-state index in [1.54, 1.807) is 35.2 Å². The van der Waals surface area contributed by atoms with E-state index in [1.165, 1.54) is 0 Å². The molecule has 6 heteroatoms. The Morgan fingerprint density at radius 3 is 2.76 bits per heavy atom. The lowest BCUT2D eigenvalue weighted by Gasteiger charge is -2.17. The zero-order valence-electron chi connectivity index (χ0n) is 11.9. The molecule has 0 unspecified atom stereocenters. The average Bonchev–Trinajstić information content (AvgIpc) is 2.54. The predicted octanol–water partition coefficient (Wildman–Crippen LogP) is 1.87. The number of carbonyl (C=O) groups is 1. The second-order valence-corrected chi connectivity index (χ2v) is 4.36. The van der Waals surface area contributed by atoms with Crippen molar-refractivity contribution in [3.8, 4) is 6.07 Å². The first-order chi connectivity index (χ1) is 10.2. The molecule has 2 aromatic rings. The van der Waals surface area contributed by atoms with Crippen LogP contribution in [-0.2, 0) is 0 Å². The van der Waals surface area contributed by atoms with E-state index in [0.29, 0.717) is 17.9 Å². The Morgan fingerprint density at radius 1 is 1.33 bits per heavy atom. The van der Waals surface area contributed by atoms with Gasteiger partial charge in [-0.15, -0.1) is 10.2 Å². The molecule has 0 bridgehead atoms. The smallest absolute Gasteiger partial charge is 0.271 e. The van der Waals surface area contributed by atoms with Gasteiger partial charge in [0.2, 0.25) is 0 Å². The molecule has 1 aromatic heterocycles. The summed E-state index contributed by atoms with van der Waals surface area (Å²) in [5.41, 5.74) is 1.68. The third kappa shape index (κ3) is 3.34. The molecule has 0 radical (unpaired) electrons. The van der Waals surface area contributed by atoms with Crippen molar-refractivity contribution in [2.75, 3.05) is 18.5 Å². The molecule has 0 fully saturated rings. The number of nitriles is 1. The molecule has 0 saturated carbocycles. The normalized spacial score (nSPS) is 9.76. The van der Waals surface area contributed by atoms with Crippen LogP contribution in [0.1, 0.15) is 23.0 Å². The van der Waals surface area contributed by atoms with Crippen LogP contribution in [0.4, 0.5) is 11.5 Å². The largest absolute Gasteiger partial charge is 0.351 e. The Morgan fingerprint density at radius 2 is 2.14 bits per heavy atom. The van der Waals surface area contributed by atoms with E-state index in [2.05, 4.69) is 21.6 Å². The third-order valence-corrected chi connectivity index (χ3v) is 2.93. The average molecular weight is 281 g/mol. The molecule has 0 aliphatic carbocycles. The minimum absolute atomic E-state index is 0.245. The van der Waals surface area contributed by atoms with Crippen molar-refractivity contribution < 1.29 is 4.79 Å². The van der Waals surface area contributed by atoms with E-state index in [4.69, 9.17) is 5.26 Å². The van der Waals surface area contributed by atoms with Crippen LogP contribution in [0.2, 0.25) is 0 Å². The van der Waals surface area contributed by atoms with E-state index in [1.807, 2.05) is 20.0 Å². The molecule has 1 aromatic carbocycles. The van der Waals surface area contributed by atoms with Gasteiger partial charge in [-0.05, 0) is 37.3 Å². The maximum absolute atomic E-state index is 11.6. The molecule has 0 aliphatic rings. The summed E-state index contributed by atoms with van der Waals surface area (Å²) in [6.45, 7) is 2.39. The number of nitrogens with one attached hydrogen (secondary N) is 1. The molecule has 0 spiro atoms. The lowest BCUT2D eigenvalue weighted by atomic mass is 10.2. The number of amides is 1. The van der Waals surface area contributed by atoms with Gasteiger partial charge in [-0.2, -0.15) is 5.26 Å². The van der Waals surface area contributed by atoms with Gasteiger partial charge < -0.3 is 10.2 Å². The molecule has 1 heterocycles. The predicted molar refractivity (Wildman–Crippen MR) is 79.3 cm³/mol. The Labute approximate surface area is 123 Å². The van der Waals surface area contributed by atoms with Crippen molar-refractivity contribution in [2.24, 2.45) is 0 Å². The SMILES string of the molecule is CCNC(=O)c1ccc(N(C)c2cccc(C#N)c2)nn1. The highest BCUT2D eigenvalue weighted by atomic mass is 16.1. The summed E-state index contributed by atoms with van der Waals surface area (Å²) in [6.07, 6.45) is 0. The minimum atomic E-state index is -0.245. The Bertz CT molecular complexity index is 675. The van der Waals surface area contributed by atoms with Gasteiger partial charge in [0, 0.05) is 19.3 Å².